The van der Waals surface area contributed by atoms with Crippen molar-refractivity contribution in [2.45, 2.75) is 26.3 Å². The Kier molecular flexibility index (Phi) is 7.14. The topological polar surface area (TPSA) is 90.9 Å². The number of hydrogen-bond donors (Lipinski definition) is 1. The summed E-state index contributed by atoms with van der Waals surface area (Å²) >= 11 is 0. The second-order valence-corrected chi connectivity index (χ2v) is 9.35. The van der Waals surface area contributed by atoms with Gasteiger partial charge in [-0.3, -0.25) is 14.7 Å². The van der Waals surface area contributed by atoms with Gasteiger partial charge in [-0.05, 0) is 25.5 Å². The minimum absolute atomic E-state index is 0.209. The number of carbonyl (C=O) groups is 1. The first-order valence-corrected chi connectivity index (χ1v) is 12.6. The van der Waals surface area contributed by atoms with Crippen molar-refractivity contribution >= 4 is 23.3 Å². The number of H-pyrrole nitrogens is 1. The summed E-state index contributed by atoms with van der Waals surface area (Å²) in [5, 5.41) is 0. The molecule has 0 saturated carbocycles. The molecule has 2 aliphatic rings. The van der Waals surface area contributed by atoms with Crippen molar-refractivity contribution in [1.82, 2.24) is 14.9 Å². The molecule has 3 aromatic rings. The third kappa shape index (κ3) is 5.04. The molecule has 2 unspecified atom stereocenters. The van der Waals surface area contributed by atoms with Crippen LogP contribution in [0.2, 0.25) is 0 Å². The van der Waals surface area contributed by atoms with Gasteiger partial charge in [-0.1, -0.05) is 48.5 Å². The highest BCUT2D eigenvalue weighted by Gasteiger charge is 2.42. The van der Waals surface area contributed by atoms with E-state index in [0.717, 1.165) is 11.1 Å². The summed E-state index contributed by atoms with van der Waals surface area (Å²) in [6.45, 7) is 6.91. The number of esters is 1. The zero-order chi connectivity index (χ0) is 25.9. The van der Waals surface area contributed by atoms with Crippen LogP contribution >= 0.6 is 0 Å². The number of benzene rings is 2. The van der Waals surface area contributed by atoms with Crippen molar-refractivity contribution in [3.63, 3.8) is 0 Å². The molecule has 3 heterocycles. The number of halogens is 1. The Morgan fingerprint density at radius 3 is 2.49 bits per heavy atom. The van der Waals surface area contributed by atoms with Crippen LogP contribution in [-0.4, -0.2) is 59.3 Å². The second-order valence-electron chi connectivity index (χ2n) is 9.35. The fraction of sp³-hybridized carbons (Fsp3) is 0.357. The van der Waals surface area contributed by atoms with Crippen molar-refractivity contribution in [1.29, 1.82) is 0 Å². The van der Waals surface area contributed by atoms with E-state index < -0.39 is 17.5 Å². The molecule has 0 amide bonds. The molecule has 1 saturated heterocycles. The third-order valence-electron chi connectivity index (χ3n) is 7.03. The van der Waals surface area contributed by atoms with Gasteiger partial charge >= 0.3 is 11.7 Å². The zero-order valence-corrected chi connectivity index (χ0v) is 21.0. The number of nitrogens with one attached hydrogen (secondary N) is 1. The molecule has 2 atom stereocenters. The summed E-state index contributed by atoms with van der Waals surface area (Å²) in [4.78, 5) is 41.8. The van der Waals surface area contributed by atoms with Gasteiger partial charge in [0.1, 0.15) is 23.4 Å². The maximum absolute atomic E-state index is 14.2. The number of piperazine rings is 1. The first-order valence-electron chi connectivity index (χ1n) is 12.6. The maximum Gasteiger partial charge on any atom is 0.348 e. The predicted molar refractivity (Wildman–Crippen MR) is 140 cm³/mol. The molecule has 0 bridgehead atoms. The molecule has 2 aromatic carbocycles. The van der Waals surface area contributed by atoms with Crippen LogP contribution in [0.5, 0.6) is 0 Å². The van der Waals surface area contributed by atoms with Gasteiger partial charge in [0.15, 0.2) is 0 Å². The molecule has 37 heavy (non-hydrogen) atoms. The van der Waals surface area contributed by atoms with Crippen molar-refractivity contribution in [2.75, 3.05) is 37.7 Å². The SMILES string of the molecule is CCOC(=O)C1C(C)=Nc2[nH]c(=O)nc(N3CCN(Cc4ccccc4F)CC3)c2C1c1ccccc1. The van der Waals surface area contributed by atoms with Crippen LogP contribution in [0.1, 0.15) is 36.5 Å². The minimum atomic E-state index is -0.636. The van der Waals surface area contributed by atoms with Gasteiger partial charge in [0.25, 0.3) is 0 Å². The van der Waals surface area contributed by atoms with Gasteiger partial charge < -0.3 is 9.64 Å². The van der Waals surface area contributed by atoms with Gasteiger partial charge in [-0.2, -0.15) is 4.98 Å². The Hall–Kier alpha value is -3.85. The van der Waals surface area contributed by atoms with Crippen molar-refractivity contribution in [2.24, 2.45) is 10.9 Å². The number of rotatable bonds is 6. The highest BCUT2D eigenvalue weighted by Crippen LogP contribution is 2.45. The number of fused-ring (bicyclic) bond motifs is 1. The van der Waals surface area contributed by atoms with Gasteiger partial charge in [0.05, 0.1) is 6.61 Å². The van der Waals surface area contributed by atoms with Crippen LogP contribution in [0.3, 0.4) is 0 Å². The first-order chi connectivity index (χ1) is 18.0. The van der Waals surface area contributed by atoms with Crippen LogP contribution < -0.4 is 10.6 Å². The second kappa shape index (κ2) is 10.6. The number of hydrogen-bond acceptors (Lipinski definition) is 7. The van der Waals surface area contributed by atoms with E-state index in [1.165, 1.54) is 6.07 Å². The summed E-state index contributed by atoms with van der Waals surface area (Å²) in [7, 11) is 0. The fourth-order valence-electron chi connectivity index (χ4n) is 5.27. The Morgan fingerprint density at radius 1 is 1.08 bits per heavy atom. The molecule has 0 aliphatic carbocycles. The maximum atomic E-state index is 14.2. The Bertz CT molecular complexity index is 1370. The average Bonchev–Trinajstić information content (AvgIpc) is 2.90. The number of anilines is 1. The molecular formula is C28H30FN5O3. The van der Waals surface area contributed by atoms with Crippen LogP contribution in [0, 0.1) is 11.7 Å². The molecule has 5 rings (SSSR count). The number of aliphatic imine (C=N–C) groups is 1. The molecule has 192 valence electrons. The summed E-state index contributed by atoms with van der Waals surface area (Å²) < 4.78 is 19.6. The standard InChI is InChI=1S/C28H30FN5O3/c1-3-37-27(35)22-18(2)30-25-24(23(22)19-9-5-4-6-10-19)26(32-28(36)31-25)34-15-13-33(14-16-34)17-20-11-7-8-12-21(20)29/h4-12,22-23H,3,13-17H2,1-2H3,(H,31,32,36). The smallest absolute Gasteiger partial charge is 0.348 e. The number of aromatic nitrogens is 2. The van der Waals surface area contributed by atoms with E-state index in [1.54, 1.807) is 26.0 Å². The largest absolute Gasteiger partial charge is 0.465 e. The minimum Gasteiger partial charge on any atom is -0.465 e. The highest BCUT2D eigenvalue weighted by molar-refractivity contribution is 6.05. The van der Waals surface area contributed by atoms with Crippen LogP contribution in [0.15, 0.2) is 64.4 Å². The Balaban J connectivity index is 1.50. The molecule has 1 aromatic heterocycles. The molecule has 9 heteroatoms. The van der Waals surface area contributed by atoms with Gasteiger partial charge in [0.2, 0.25) is 0 Å². The molecule has 0 radical (unpaired) electrons. The summed E-state index contributed by atoms with van der Waals surface area (Å²) in [6.07, 6.45) is 0. The Morgan fingerprint density at radius 2 is 1.78 bits per heavy atom. The molecule has 1 fully saturated rings. The molecular weight excluding hydrogens is 473 g/mol. The first kappa shape index (κ1) is 24.8. The number of nitrogens with zero attached hydrogens (tertiary/aromatic N) is 4. The third-order valence-corrected chi connectivity index (χ3v) is 7.03. The van der Waals surface area contributed by atoms with Crippen LogP contribution in [0.25, 0.3) is 0 Å². The van der Waals surface area contributed by atoms with E-state index in [2.05, 4.69) is 24.8 Å². The van der Waals surface area contributed by atoms with E-state index in [9.17, 15) is 14.0 Å². The van der Waals surface area contributed by atoms with Gasteiger partial charge in [0, 0.05) is 55.5 Å². The number of ether oxygens (including phenoxy) is 1. The normalized spacial score (nSPS) is 19.8. The highest BCUT2D eigenvalue weighted by atomic mass is 19.1. The van der Waals surface area contributed by atoms with Gasteiger partial charge in [-0.25, -0.2) is 14.2 Å². The number of carbonyl (C=O) groups excluding carboxylic acids is 1. The number of aromatic amines is 1. The molecule has 2 aliphatic heterocycles. The Labute approximate surface area is 214 Å². The lowest BCUT2D eigenvalue weighted by atomic mass is 9.76. The lowest BCUT2D eigenvalue weighted by molar-refractivity contribution is -0.146. The van der Waals surface area contributed by atoms with Crippen molar-refractivity contribution in [3.8, 4) is 0 Å². The van der Waals surface area contributed by atoms with Crippen LogP contribution in [0.4, 0.5) is 16.0 Å². The average molecular weight is 504 g/mol. The fourth-order valence-corrected chi connectivity index (χ4v) is 5.27. The van der Waals surface area contributed by atoms with Crippen LogP contribution in [-0.2, 0) is 16.1 Å². The van der Waals surface area contributed by atoms with E-state index >= 15 is 0 Å². The van der Waals surface area contributed by atoms with Crippen molar-refractivity contribution < 1.29 is 13.9 Å². The molecule has 0 spiro atoms. The van der Waals surface area contributed by atoms with E-state index in [0.29, 0.717) is 55.6 Å². The summed E-state index contributed by atoms with van der Waals surface area (Å²) in [6, 6.07) is 16.5. The van der Waals surface area contributed by atoms with E-state index in [4.69, 9.17) is 4.74 Å². The summed E-state index contributed by atoms with van der Waals surface area (Å²) in [5.74, 6) is -0.652. The van der Waals surface area contributed by atoms with Crippen molar-refractivity contribution in [3.05, 3.63) is 87.6 Å². The molecule has 8 nitrogen and oxygen atoms in total. The van der Waals surface area contributed by atoms with E-state index in [1.807, 2.05) is 36.4 Å². The quantitative estimate of drug-likeness (QED) is 0.517. The monoisotopic (exact) mass is 503 g/mol. The summed E-state index contributed by atoms with van der Waals surface area (Å²) in [5.41, 5.74) is 2.40. The predicted octanol–water partition coefficient (Wildman–Crippen LogP) is 3.65. The zero-order valence-electron chi connectivity index (χ0n) is 21.0. The lowest BCUT2D eigenvalue weighted by Gasteiger charge is -2.38. The van der Waals surface area contributed by atoms with Gasteiger partial charge in [-0.15, -0.1) is 0 Å². The molecule has 1 N–H and O–H groups in total. The lowest BCUT2D eigenvalue weighted by Crippen LogP contribution is -2.47. The van der Waals surface area contributed by atoms with E-state index in [-0.39, 0.29) is 18.4 Å².